The Labute approximate surface area is 128 Å². The number of rotatable bonds is 7. The Balaban J connectivity index is 1.79. The van der Waals surface area contributed by atoms with Gasteiger partial charge in [-0.15, -0.1) is 0 Å². The largest absolute Gasteiger partial charge is 0.496 e. The number of hydrogen-bond donors (Lipinski definition) is 0. The normalized spacial score (nSPS) is 21.4. The van der Waals surface area contributed by atoms with E-state index in [-0.39, 0.29) is 0 Å². The van der Waals surface area contributed by atoms with Gasteiger partial charge in [0.1, 0.15) is 11.5 Å². The Kier molecular flexibility index (Phi) is 5.61. The molecule has 20 heavy (non-hydrogen) atoms. The van der Waals surface area contributed by atoms with Crippen molar-refractivity contribution in [3.05, 3.63) is 28.2 Å². The van der Waals surface area contributed by atoms with Crippen LogP contribution in [0.15, 0.2) is 22.7 Å². The van der Waals surface area contributed by atoms with Crippen molar-refractivity contribution in [3.63, 3.8) is 0 Å². The third-order valence-corrected chi connectivity index (χ3v) is 4.35. The molecule has 4 heteroatoms. The summed E-state index contributed by atoms with van der Waals surface area (Å²) in [5.41, 5.74) is 1.03. The van der Waals surface area contributed by atoms with Crippen molar-refractivity contribution >= 4 is 21.7 Å². The highest BCUT2D eigenvalue weighted by Gasteiger charge is 2.30. The maximum absolute atomic E-state index is 12.1. The van der Waals surface area contributed by atoms with Crippen molar-refractivity contribution in [2.24, 2.45) is 5.92 Å². The topological polar surface area (TPSA) is 35.5 Å². The summed E-state index contributed by atoms with van der Waals surface area (Å²) in [6.45, 7) is 2.78. The zero-order valence-electron chi connectivity index (χ0n) is 12.0. The van der Waals surface area contributed by atoms with Crippen molar-refractivity contribution in [1.82, 2.24) is 0 Å². The molecule has 0 heterocycles. The van der Waals surface area contributed by atoms with E-state index in [4.69, 9.17) is 9.47 Å². The number of halogens is 1. The zero-order valence-corrected chi connectivity index (χ0v) is 13.6. The lowest BCUT2D eigenvalue weighted by Crippen LogP contribution is -2.33. The molecule has 1 aliphatic carbocycles. The van der Waals surface area contributed by atoms with Crippen LogP contribution in [0.1, 0.15) is 31.7 Å². The number of ether oxygens (including phenoxy) is 2. The average molecular weight is 341 g/mol. The lowest BCUT2D eigenvalue weighted by molar-refractivity contribution is -0.121. The van der Waals surface area contributed by atoms with Gasteiger partial charge in [-0.05, 0) is 59.3 Å². The molecule has 0 spiro atoms. The summed E-state index contributed by atoms with van der Waals surface area (Å²) < 4.78 is 11.6. The molecule has 0 bridgehead atoms. The van der Waals surface area contributed by atoms with Gasteiger partial charge >= 0.3 is 0 Å². The average Bonchev–Trinajstić information content (AvgIpc) is 2.36. The fourth-order valence-electron chi connectivity index (χ4n) is 2.65. The first-order valence-electron chi connectivity index (χ1n) is 7.08. The lowest BCUT2D eigenvalue weighted by Gasteiger charge is -2.34. The van der Waals surface area contributed by atoms with E-state index < -0.39 is 0 Å². The third kappa shape index (κ3) is 4.06. The Morgan fingerprint density at radius 2 is 2.15 bits per heavy atom. The van der Waals surface area contributed by atoms with E-state index in [1.54, 1.807) is 7.11 Å². The first-order chi connectivity index (χ1) is 9.62. The van der Waals surface area contributed by atoms with E-state index in [9.17, 15) is 4.79 Å². The fraction of sp³-hybridized carbons (Fsp3) is 0.562. The van der Waals surface area contributed by atoms with Crippen LogP contribution in [-0.2, 0) is 16.0 Å². The molecule has 0 atom stereocenters. The minimum absolute atomic E-state index is 0.307. The van der Waals surface area contributed by atoms with Crippen molar-refractivity contribution in [3.8, 4) is 5.75 Å². The van der Waals surface area contributed by atoms with Gasteiger partial charge in [-0.2, -0.15) is 0 Å². The van der Waals surface area contributed by atoms with Gasteiger partial charge in [-0.1, -0.05) is 6.07 Å². The van der Waals surface area contributed by atoms with Crippen LogP contribution >= 0.6 is 15.9 Å². The molecular weight excluding hydrogens is 320 g/mol. The molecule has 0 aliphatic heterocycles. The summed E-state index contributed by atoms with van der Waals surface area (Å²) >= 11 is 3.45. The molecule has 0 unspecified atom stereocenters. The van der Waals surface area contributed by atoms with Crippen LogP contribution in [0.5, 0.6) is 5.75 Å². The highest BCUT2D eigenvalue weighted by molar-refractivity contribution is 9.10. The van der Waals surface area contributed by atoms with Crippen LogP contribution < -0.4 is 4.74 Å². The van der Waals surface area contributed by atoms with Crippen LogP contribution in [0.2, 0.25) is 0 Å². The van der Waals surface area contributed by atoms with Gasteiger partial charge in [0, 0.05) is 19.4 Å². The van der Waals surface area contributed by atoms with Gasteiger partial charge in [-0.3, -0.25) is 4.79 Å². The number of ketones is 1. The van der Waals surface area contributed by atoms with E-state index >= 15 is 0 Å². The Hall–Kier alpha value is -0.870. The van der Waals surface area contributed by atoms with Crippen molar-refractivity contribution in [2.75, 3.05) is 13.7 Å². The van der Waals surface area contributed by atoms with Gasteiger partial charge in [-0.25, -0.2) is 0 Å². The van der Waals surface area contributed by atoms with Gasteiger partial charge < -0.3 is 9.47 Å². The monoisotopic (exact) mass is 340 g/mol. The molecule has 0 saturated heterocycles. The van der Waals surface area contributed by atoms with Crippen LogP contribution in [0.4, 0.5) is 0 Å². The number of Topliss-reactive ketones (excluding diaryl/α,β-unsaturated/α-hetero) is 1. The smallest absolute Gasteiger partial charge is 0.137 e. The molecule has 0 radical (unpaired) electrons. The van der Waals surface area contributed by atoms with Crippen LogP contribution in [0.25, 0.3) is 0 Å². The minimum atomic E-state index is 0.307. The summed E-state index contributed by atoms with van der Waals surface area (Å²) in [7, 11) is 1.64. The SMILES string of the molecule is CCOC1CC(CC(=O)Cc2ccc(OC)c(Br)c2)C1. The summed E-state index contributed by atoms with van der Waals surface area (Å²) in [6.07, 6.45) is 3.62. The summed E-state index contributed by atoms with van der Waals surface area (Å²) in [5, 5.41) is 0. The second-order valence-electron chi connectivity index (χ2n) is 5.30. The van der Waals surface area contributed by atoms with E-state index in [2.05, 4.69) is 15.9 Å². The molecule has 2 rings (SSSR count). The maximum Gasteiger partial charge on any atom is 0.137 e. The number of carbonyl (C=O) groups is 1. The molecule has 1 fully saturated rings. The number of methoxy groups -OCH3 is 1. The molecule has 0 aromatic heterocycles. The number of benzene rings is 1. The molecule has 0 amide bonds. The molecule has 0 N–H and O–H groups in total. The van der Waals surface area contributed by atoms with Crippen molar-refractivity contribution in [2.45, 2.75) is 38.7 Å². The highest BCUT2D eigenvalue weighted by atomic mass is 79.9. The molecular formula is C16H21BrO3. The first kappa shape index (κ1) is 15.5. The molecule has 1 aromatic carbocycles. The van der Waals surface area contributed by atoms with Gasteiger partial charge in [0.05, 0.1) is 17.7 Å². The molecule has 1 aromatic rings. The standard InChI is InChI=1S/C16H21BrO3/c1-3-20-14-8-12(9-14)7-13(18)6-11-4-5-16(19-2)15(17)10-11/h4-5,10,12,14H,3,6-9H2,1-2H3. The quantitative estimate of drug-likeness (QED) is 0.757. The first-order valence-corrected chi connectivity index (χ1v) is 7.87. The van der Waals surface area contributed by atoms with Gasteiger partial charge in [0.25, 0.3) is 0 Å². The molecule has 110 valence electrons. The molecule has 3 nitrogen and oxygen atoms in total. The van der Waals surface area contributed by atoms with E-state index in [1.807, 2.05) is 25.1 Å². The number of carbonyl (C=O) groups excluding carboxylic acids is 1. The lowest BCUT2D eigenvalue weighted by atomic mass is 9.78. The fourth-order valence-corrected chi connectivity index (χ4v) is 3.24. The summed E-state index contributed by atoms with van der Waals surface area (Å²) in [6, 6.07) is 5.80. The van der Waals surface area contributed by atoms with Gasteiger partial charge in [0.2, 0.25) is 0 Å². The highest BCUT2D eigenvalue weighted by Crippen LogP contribution is 2.33. The zero-order chi connectivity index (χ0) is 14.5. The third-order valence-electron chi connectivity index (χ3n) is 3.73. The maximum atomic E-state index is 12.1. The summed E-state index contributed by atoms with van der Waals surface area (Å²) in [5.74, 6) is 1.61. The second-order valence-corrected chi connectivity index (χ2v) is 6.16. The van der Waals surface area contributed by atoms with Crippen molar-refractivity contribution in [1.29, 1.82) is 0 Å². The Morgan fingerprint density at radius 3 is 2.75 bits per heavy atom. The van der Waals surface area contributed by atoms with E-state index in [0.29, 0.717) is 30.6 Å². The minimum Gasteiger partial charge on any atom is -0.496 e. The molecule has 1 saturated carbocycles. The predicted molar refractivity (Wildman–Crippen MR) is 82.2 cm³/mol. The molecule has 1 aliphatic rings. The van der Waals surface area contributed by atoms with Crippen molar-refractivity contribution < 1.29 is 14.3 Å². The van der Waals surface area contributed by atoms with Crippen LogP contribution in [0, 0.1) is 5.92 Å². The van der Waals surface area contributed by atoms with E-state index in [0.717, 1.165) is 35.2 Å². The predicted octanol–water partition coefficient (Wildman–Crippen LogP) is 3.77. The number of hydrogen-bond acceptors (Lipinski definition) is 3. The van der Waals surface area contributed by atoms with E-state index in [1.165, 1.54) is 0 Å². The van der Waals surface area contributed by atoms with Gasteiger partial charge in [0.15, 0.2) is 0 Å². The Bertz CT molecular complexity index is 467. The second kappa shape index (κ2) is 7.23. The summed E-state index contributed by atoms with van der Waals surface area (Å²) in [4.78, 5) is 12.1. The Morgan fingerprint density at radius 1 is 1.40 bits per heavy atom. The van der Waals surface area contributed by atoms with Crippen LogP contribution in [-0.4, -0.2) is 25.6 Å². The van der Waals surface area contributed by atoms with Crippen LogP contribution in [0.3, 0.4) is 0 Å².